The first-order chi connectivity index (χ1) is 14.6. The number of hydrogen-bond acceptors (Lipinski definition) is 7. The molecule has 0 radical (unpaired) electrons. The van der Waals surface area contributed by atoms with Gasteiger partial charge in [-0.05, 0) is 55.5 Å². The molecule has 7 nitrogen and oxygen atoms in total. The maximum atomic E-state index is 12.4. The number of rotatable bonds is 9. The summed E-state index contributed by atoms with van der Waals surface area (Å²) in [6.07, 6.45) is 3.02. The van der Waals surface area contributed by atoms with Gasteiger partial charge in [-0.3, -0.25) is 4.79 Å². The largest absolute Gasteiger partial charge is 0.462 e. The fourth-order valence-electron chi connectivity index (χ4n) is 3.03. The van der Waals surface area contributed by atoms with Gasteiger partial charge in [0.1, 0.15) is 5.82 Å². The number of hydrogen-bond donors (Lipinski definition) is 1. The average Bonchev–Trinajstić information content (AvgIpc) is 3.29. The highest BCUT2D eigenvalue weighted by Gasteiger charge is 2.30. The Morgan fingerprint density at radius 3 is 2.70 bits per heavy atom. The summed E-state index contributed by atoms with van der Waals surface area (Å²) < 4.78 is 7.15. The van der Waals surface area contributed by atoms with Gasteiger partial charge in [0.25, 0.3) is 0 Å². The number of anilines is 1. The van der Waals surface area contributed by atoms with Gasteiger partial charge in [0.2, 0.25) is 5.91 Å². The Labute approximate surface area is 182 Å². The van der Waals surface area contributed by atoms with Crippen molar-refractivity contribution in [3.63, 3.8) is 0 Å². The third kappa shape index (κ3) is 5.09. The number of carbonyl (C=O) groups excluding carboxylic acids is 2. The van der Waals surface area contributed by atoms with Crippen molar-refractivity contribution < 1.29 is 14.3 Å². The van der Waals surface area contributed by atoms with Crippen LogP contribution in [0.25, 0.3) is 0 Å². The molecule has 2 aromatic heterocycles. The van der Waals surface area contributed by atoms with Gasteiger partial charge >= 0.3 is 5.97 Å². The fourth-order valence-corrected chi connectivity index (χ4v) is 4.55. The monoisotopic (exact) mass is 442 g/mol. The number of aromatic nitrogens is 3. The van der Waals surface area contributed by atoms with Crippen LogP contribution in [-0.2, 0) is 16.0 Å². The normalized spacial score (nSPS) is 13.2. The van der Waals surface area contributed by atoms with E-state index < -0.39 is 0 Å². The van der Waals surface area contributed by atoms with Crippen LogP contribution in [0.3, 0.4) is 0 Å². The summed E-state index contributed by atoms with van der Waals surface area (Å²) in [7, 11) is 0. The number of carbonyl (C=O) groups is 2. The number of thiophene rings is 1. The Hall–Kier alpha value is -2.65. The molecule has 3 aromatic rings. The summed E-state index contributed by atoms with van der Waals surface area (Å²) in [5.74, 6) is 0.693. The lowest BCUT2D eigenvalue weighted by Gasteiger charge is -2.09. The first-order valence-corrected chi connectivity index (χ1v) is 11.7. The topological polar surface area (TPSA) is 86.1 Å². The predicted octanol–water partition coefficient (Wildman–Crippen LogP) is 4.17. The zero-order valence-corrected chi connectivity index (χ0v) is 18.2. The van der Waals surface area contributed by atoms with Gasteiger partial charge in [-0.1, -0.05) is 17.8 Å². The number of nitrogens with zero attached hydrogens (tertiary/aromatic N) is 3. The molecule has 1 amide bonds. The van der Waals surface area contributed by atoms with Crippen LogP contribution in [0.4, 0.5) is 5.69 Å². The van der Waals surface area contributed by atoms with Gasteiger partial charge in [-0.15, -0.1) is 21.5 Å². The number of esters is 1. The number of thioether (sulfide) groups is 1. The molecule has 30 heavy (non-hydrogen) atoms. The van der Waals surface area contributed by atoms with E-state index in [1.54, 1.807) is 42.5 Å². The molecule has 0 unspecified atom stereocenters. The molecule has 1 aromatic carbocycles. The second kappa shape index (κ2) is 9.44. The summed E-state index contributed by atoms with van der Waals surface area (Å²) in [6, 6.07) is 11.3. The van der Waals surface area contributed by atoms with Gasteiger partial charge in [-0.2, -0.15) is 0 Å². The van der Waals surface area contributed by atoms with E-state index in [1.165, 1.54) is 16.6 Å². The molecule has 1 N–H and O–H groups in total. The second-order valence-corrected chi connectivity index (χ2v) is 8.87. The molecule has 1 aliphatic carbocycles. The van der Waals surface area contributed by atoms with Crippen molar-refractivity contribution in [3.05, 3.63) is 58.0 Å². The minimum absolute atomic E-state index is 0.131. The van der Waals surface area contributed by atoms with Crippen molar-refractivity contribution >= 4 is 40.7 Å². The number of nitrogens with one attached hydrogen (secondary N) is 1. The SMILES string of the molecule is CCOC(=O)c1ccc(NC(=O)CSc2nnc(Cc3cccs3)n2C2CC2)cc1. The van der Waals surface area contributed by atoms with Crippen molar-refractivity contribution in [2.24, 2.45) is 0 Å². The van der Waals surface area contributed by atoms with E-state index in [0.717, 1.165) is 30.2 Å². The molecule has 9 heteroatoms. The van der Waals surface area contributed by atoms with Crippen LogP contribution in [-0.4, -0.2) is 39.0 Å². The lowest BCUT2D eigenvalue weighted by Crippen LogP contribution is -2.15. The van der Waals surface area contributed by atoms with E-state index in [1.807, 2.05) is 6.07 Å². The van der Waals surface area contributed by atoms with Gasteiger partial charge in [-0.25, -0.2) is 4.79 Å². The maximum Gasteiger partial charge on any atom is 0.338 e. The number of ether oxygens (including phenoxy) is 1. The van der Waals surface area contributed by atoms with Crippen LogP contribution in [0.15, 0.2) is 46.9 Å². The molecule has 0 aliphatic heterocycles. The number of amides is 1. The zero-order valence-electron chi connectivity index (χ0n) is 16.5. The van der Waals surface area contributed by atoms with E-state index in [4.69, 9.17) is 4.74 Å². The predicted molar refractivity (Wildman–Crippen MR) is 117 cm³/mol. The Bertz CT molecular complexity index is 1010. The van der Waals surface area contributed by atoms with Crippen molar-refractivity contribution in [1.82, 2.24) is 14.8 Å². The lowest BCUT2D eigenvalue weighted by molar-refractivity contribution is -0.113. The van der Waals surface area contributed by atoms with Crippen LogP contribution >= 0.6 is 23.1 Å². The molecule has 0 bridgehead atoms. The zero-order chi connectivity index (χ0) is 20.9. The molecule has 156 valence electrons. The molecule has 1 aliphatic rings. The number of benzene rings is 1. The highest BCUT2D eigenvalue weighted by molar-refractivity contribution is 7.99. The fraction of sp³-hybridized carbons (Fsp3) is 0.333. The van der Waals surface area contributed by atoms with E-state index in [2.05, 4.69) is 31.5 Å². The Morgan fingerprint density at radius 2 is 2.03 bits per heavy atom. The van der Waals surface area contributed by atoms with Gasteiger partial charge in [0.15, 0.2) is 5.16 Å². The minimum Gasteiger partial charge on any atom is -0.462 e. The van der Waals surface area contributed by atoms with E-state index in [0.29, 0.717) is 23.9 Å². The molecule has 4 rings (SSSR count). The van der Waals surface area contributed by atoms with Crippen LogP contribution in [0.1, 0.15) is 46.9 Å². The Kier molecular flexibility index (Phi) is 6.49. The molecular formula is C21H22N4O3S2. The Balaban J connectivity index is 1.35. The Morgan fingerprint density at radius 1 is 1.23 bits per heavy atom. The highest BCUT2D eigenvalue weighted by atomic mass is 32.2. The van der Waals surface area contributed by atoms with Crippen LogP contribution in [0.5, 0.6) is 0 Å². The lowest BCUT2D eigenvalue weighted by atomic mass is 10.2. The third-order valence-corrected chi connectivity index (χ3v) is 6.39. The smallest absolute Gasteiger partial charge is 0.338 e. The summed E-state index contributed by atoms with van der Waals surface area (Å²) in [4.78, 5) is 25.3. The van der Waals surface area contributed by atoms with Crippen LogP contribution < -0.4 is 5.32 Å². The summed E-state index contributed by atoms with van der Waals surface area (Å²) in [6.45, 7) is 2.09. The van der Waals surface area contributed by atoms with Crippen molar-refractivity contribution in [2.45, 2.75) is 37.4 Å². The first kappa shape index (κ1) is 20.6. The van der Waals surface area contributed by atoms with Crippen LogP contribution in [0, 0.1) is 0 Å². The van der Waals surface area contributed by atoms with Crippen molar-refractivity contribution in [1.29, 1.82) is 0 Å². The standard InChI is InChI=1S/C21H22N4O3S2/c1-2-28-20(27)14-5-7-15(8-6-14)22-19(26)13-30-21-24-23-18(25(21)16-9-10-16)12-17-4-3-11-29-17/h3-8,11,16H,2,9-10,12-13H2,1H3,(H,22,26). The van der Waals surface area contributed by atoms with E-state index in [9.17, 15) is 9.59 Å². The second-order valence-electron chi connectivity index (χ2n) is 6.89. The van der Waals surface area contributed by atoms with Crippen LogP contribution in [0.2, 0.25) is 0 Å². The van der Waals surface area contributed by atoms with Gasteiger partial charge < -0.3 is 14.6 Å². The molecular weight excluding hydrogens is 420 g/mol. The summed E-state index contributed by atoms with van der Waals surface area (Å²) >= 11 is 3.11. The summed E-state index contributed by atoms with van der Waals surface area (Å²) in [5, 5.41) is 14.4. The van der Waals surface area contributed by atoms with E-state index >= 15 is 0 Å². The summed E-state index contributed by atoms with van der Waals surface area (Å²) in [5.41, 5.74) is 1.09. The minimum atomic E-state index is -0.372. The quantitative estimate of drug-likeness (QED) is 0.395. The molecule has 0 atom stereocenters. The molecule has 0 saturated heterocycles. The molecule has 0 spiro atoms. The molecule has 1 saturated carbocycles. The van der Waals surface area contributed by atoms with Crippen molar-refractivity contribution in [3.8, 4) is 0 Å². The molecule has 1 fully saturated rings. The molecule has 2 heterocycles. The van der Waals surface area contributed by atoms with Gasteiger partial charge in [0.05, 0.1) is 17.9 Å². The average molecular weight is 443 g/mol. The maximum absolute atomic E-state index is 12.4. The van der Waals surface area contributed by atoms with E-state index in [-0.39, 0.29) is 17.6 Å². The van der Waals surface area contributed by atoms with Gasteiger partial charge in [0, 0.05) is 23.0 Å². The third-order valence-electron chi connectivity index (χ3n) is 4.57. The first-order valence-electron chi connectivity index (χ1n) is 9.80. The van der Waals surface area contributed by atoms with Crippen molar-refractivity contribution in [2.75, 3.05) is 17.7 Å². The highest BCUT2D eigenvalue weighted by Crippen LogP contribution is 2.39.